The average Bonchev–Trinajstić information content (AvgIpc) is 3.48. The average molecular weight is 482 g/mol. The number of rotatable bonds is 5. The van der Waals surface area contributed by atoms with Gasteiger partial charge in [-0.3, -0.25) is 14.5 Å². The first-order chi connectivity index (χ1) is 16.8. The van der Waals surface area contributed by atoms with Crippen LogP contribution in [0, 0.1) is 5.82 Å². The molecule has 1 aromatic carbocycles. The van der Waals surface area contributed by atoms with Gasteiger partial charge < -0.3 is 25.4 Å². The van der Waals surface area contributed by atoms with Gasteiger partial charge in [-0.25, -0.2) is 9.07 Å². The molecule has 4 aromatic rings. The van der Waals surface area contributed by atoms with E-state index in [-0.39, 0.29) is 35.6 Å². The molecule has 35 heavy (non-hydrogen) atoms. The number of hydrogen-bond acceptors (Lipinski definition) is 10. The third-order valence-electron chi connectivity index (χ3n) is 5.66. The van der Waals surface area contributed by atoms with Crippen molar-refractivity contribution in [2.45, 2.75) is 18.6 Å². The zero-order valence-electron chi connectivity index (χ0n) is 18.3. The van der Waals surface area contributed by atoms with Gasteiger partial charge in [-0.1, -0.05) is 5.16 Å². The van der Waals surface area contributed by atoms with E-state index in [1.54, 1.807) is 18.3 Å². The number of nitrogens with zero attached hydrogens (tertiary/aromatic N) is 6. The summed E-state index contributed by atoms with van der Waals surface area (Å²) in [6.07, 6.45) is 2.71. The predicted octanol–water partition coefficient (Wildman–Crippen LogP) is 0.646. The minimum absolute atomic E-state index is 0.00894. The molecule has 1 aliphatic heterocycles. The van der Waals surface area contributed by atoms with Gasteiger partial charge in [-0.15, -0.1) is 5.10 Å². The molecule has 0 bridgehead atoms. The van der Waals surface area contributed by atoms with Crippen LogP contribution in [0.5, 0.6) is 0 Å². The van der Waals surface area contributed by atoms with Crippen LogP contribution in [0.25, 0.3) is 16.7 Å². The van der Waals surface area contributed by atoms with Crippen LogP contribution >= 0.6 is 0 Å². The first-order valence-electron chi connectivity index (χ1n) is 10.4. The van der Waals surface area contributed by atoms with Crippen LogP contribution in [0.1, 0.15) is 6.92 Å². The van der Waals surface area contributed by atoms with Crippen LogP contribution in [0.2, 0.25) is 0 Å². The molecular weight excluding hydrogens is 463 g/mol. The van der Waals surface area contributed by atoms with Crippen molar-refractivity contribution in [1.29, 1.82) is 0 Å². The molecule has 1 fully saturated rings. The van der Waals surface area contributed by atoms with Gasteiger partial charge in [-0.2, -0.15) is 10.2 Å². The fourth-order valence-corrected chi connectivity index (χ4v) is 3.79. The summed E-state index contributed by atoms with van der Waals surface area (Å²) in [7, 11) is 0. The molecule has 0 saturated carbocycles. The third kappa shape index (κ3) is 3.83. The van der Waals surface area contributed by atoms with Crippen molar-refractivity contribution >= 4 is 40.1 Å². The lowest BCUT2D eigenvalue weighted by atomic mass is 9.94. The quantitative estimate of drug-likeness (QED) is 0.366. The van der Waals surface area contributed by atoms with E-state index in [2.05, 4.69) is 25.8 Å². The maximum Gasteiger partial charge on any atom is 0.263 e. The molecule has 5 rings (SSSR count). The van der Waals surface area contributed by atoms with Crippen molar-refractivity contribution < 1.29 is 28.3 Å². The van der Waals surface area contributed by atoms with Crippen LogP contribution < -0.4 is 16.0 Å². The van der Waals surface area contributed by atoms with Crippen LogP contribution in [-0.2, 0) is 14.3 Å². The molecule has 2 amide bonds. The van der Waals surface area contributed by atoms with E-state index in [4.69, 9.17) is 15.0 Å². The van der Waals surface area contributed by atoms with E-state index in [1.165, 1.54) is 35.0 Å². The highest BCUT2D eigenvalue weighted by molar-refractivity contribution is 6.06. The van der Waals surface area contributed by atoms with Crippen LogP contribution in [0.4, 0.5) is 21.7 Å². The van der Waals surface area contributed by atoms with Crippen molar-refractivity contribution in [1.82, 2.24) is 25.1 Å². The smallest absolute Gasteiger partial charge is 0.263 e. The van der Waals surface area contributed by atoms with Gasteiger partial charge in [0.05, 0.1) is 31.2 Å². The number of nitrogens with one attached hydrogen (secondary N) is 1. The van der Waals surface area contributed by atoms with E-state index in [0.717, 1.165) is 6.07 Å². The van der Waals surface area contributed by atoms with Crippen molar-refractivity contribution in [2.75, 3.05) is 29.1 Å². The second-order valence-electron chi connectivity index (χ2n) is 7.92. The highest BCUT2D eigenvalue weighted by atomic mass is 19.1. The number of aliphatic hydroxyl groups is 1. The Morgan fingerprint density at radius 3 is 2.94 bits per heavy atom. The molecule has 0 spiro atoms. The Labute approximate surface area is 196 Å². The van der Waals surface area contributed by atoms with Crippen LogP contribution in [-0.4, -0.2) is 66.9 Å². The third-order valence-corrected chi connectivity index (χ3v) is 5.66. The highest BCUT2D eigenvalue weighted by Gasteiger charge is 2.51. The Balaban J connectivity index is 1.35. The van der Waals surface area contributed by atoms with Gasteiger partial charge in [0.2, 0.25) is 0 Å². The molecule has 2 atom stereocenters. The summed E-state index contributed by atoms with van der Waals surface area (Å²) in [6, 6.07) is 5.60. The largest absolute Gasteiger partial charge is 0.380 e. The monoisotopic (exact) mass is 482 g/mol. The maximum atomic E-state index is 14.4. The lowest BCUT2D eigenvalue weighted by Gasteiger charge is -2.40. The lowest BCUT2D eigenvalue weighted by molar-refractivity contribution is -0.170. The van der Waals surface area contributed by atoms with Crippen molar-refractivity contribution in [3.05, 3.63) is 48.7 Å². The molecule has 3 aromatic heterocycles. The number of anilines is 3. The number of benzene rings is 1. The Kier molecular flexibility index (Phi) is 5.37. The second-order valence-corrected chi connectivity index (χ2v) is 7.92. The zero-order valence-corrected chi connectivity index (χ0v) is 18.3. The summed E-state index contributed by atoms with van der Waals surface area (Å²) in [6.45, 7) is 1.49. The maximum absolute atomic E-state index is 14.4. The minimum atomic E-state index is -1.93. The lowest BCUT2D eigenvalue weighted by Crippen LogP contribution is -2.63. The van der Waals surface area contributed by atoms with E-state index in [9.17, 15) is 19.1 Å². The fraction of sp³-hybridized carbons (Fsp3) is 0.238. The van der Waals surface area contributed by atoms with Gasteiger partial charge in [0, 0.05) is 24.0 Å². The van der Waals surface area contributed by atoms with Gasteiger partial charge >= 0.3 is 0 Å². The summed E-state index contributed by atoms with van der Waals surface area (Å²) in [5.41, 5.74) is 4.25. The number of aromatic nitrogens is 5. The van der Waals surface area contributed by atoms with E-state index >= 15 is 0 Å². The number of amides is 2. The summed E-state index contributed by atoms with van der Waals surface area (Å²) >= 11 is 0. The number of aliphatic hydroxyl groups excluding tert-OH is 1. The molecule has 0 radical (unpaired) electrons. The number of halogens is 1. The molecule has 1 unspecified atom stereocenters. The van der Waals surface area contributed by atoms with E-state index < -0.39 is 29.3 Å². The number of ether oxygens (including phenoxy) is 1. The topological polar surface area (TPSA) is 175 Å². The van der Waals surface area contributed by atoms with E-state index in [1.807, 2.05) is 0 Å². The molecular formula is C21H19FN8O5. The standard InChI is InChI=1S/C21H19FN8O5/c1-21(17(31)19(32)26-11-8-13(22)16-14(9-11)35-28-18(16)23)20(33)29(6-7-34-21)15-3-5-30(27-15)12-2-4-24-25-10-12/h2-5,8-10,17,31H,6-7H2,1H3,(H2,23,28)(H,26,32)/t17?,21-/m1/s1. The van der Waals surface area contributed by atoms with Gasteiger partial charge in [-0.05, 0) is 19.1 Å². The number of nitrogen functional groups attached to an aromatic ring is 1. The number of nitrogens with two attached hydrogens (primary N) is 1. The molecule has 1 saturated heterocycles. The molecule has 14 heteroatoms. The fourth-order valence-electron chi connectivity index (χ4n) is 3.79. The SMILES string of the molecule is C[C@]1(C(O)C(=O)Nc2cc(F)c3c(N)noc3c2)OCCN(c2ccn(-c3ccnnc3)n2)C1=O. The van der Waals surface area contributed by atoms with Crippen LogP contribution in [0.3, 0.4) is 0 Å². The van der Waals surface area contributed by atoms with Crippen molar-refractivity contribution in [3.63, 3.8) is 0 Å². The highest BCUT2D eigenvalue weighted by Crippen LogP contribution is 2.30. The van der Waals surface area contributed by atoms with Crippen molar-refractivity contribution in [3.8, 4) is 5.69 Å². The van der Waals surface area contributed by atoms with Gasteiger partial charge in [0.15, 0.2) is 28.9 Å². The zero-order chi connectivity index (χ0) is 24.7. The van der Waals surface area contributed by atoms with Gasteiger partial charge in [0.25, 0.3) is 11.8 Å². The summed E-state index contributed by atoms with van der Waals surface area (Å²) in [5.74, 6) is -2.26. The van der Waals surface area contributed by atoms with Crippen molar-refractivity contribution in [2.24, 2.45) is 0 Å². The molecule has 0 aliphatic carbocycles. The molecule has 180 valence electrons. The minimum Gasteiger partial charge on any atom is -0.380 e. The molecule has 4 heterocycles. The molecule has 1 aliphatic rings. The first-order valence-corrected chi connectivity index (χ1v) is 10.4. The Hall–Kier alpha value is -4.43. The Morgan fingerprint density at radius 1 is 1.34 bits per heavy atom. The summed E-state index contributed by atoms with van der Waals surface area (Å²) in [5, 5.41) is 28.5. The Bertz CT molecular complexity index is 1420. The summed E-state index contributed by atoms with van der Waals surface area (Å²) < 4.78 is 26.4. The number of hydrogen-bond donors (Lipinski definition) is 3. The van der Waals surface area contributed by atoms with Crippen LogP contribution in [0.15, 0.2) is 47.4 Å². The Morgan fingerprint density at radius 2 is 2.17 bits per heavy atom. The predicted molar refractivity (Wildman–Crippen MR) is 119 cm³/mol. The van der Waals surface area contributed by atoms with Gasteiger partial charge in [0.1, 0.15) is 11.2 Å². The normalized spacial score (nSPS) is 19.2. The first kappa shape index (κ1) is 22.4. The number of carbonyl (C=O) groups excluding carboxylic acids is 2. The molecule has 4 N–H and O–H groups in total. The van der Waals surface area contributed by atoms with E-state index in [0.29, 0.717) is 11.5 Å². The number of carbonyl (C=O) groups is 2. The second kappa shape index (κ2) is 8.41. The number of fused-ring (bicyclic) bond motifs is 1. The summed E-state index contributed by atoms with van der Waals surface area (Å²) in [4.78, 5) is 27.4. The molecule has 13 nitrogen and oxygen atoms in total. The number of morpholine rings is 1.